The SMILES string of the molecule is Cc1noc(C)c1C(=O)N1CCC(N2C(=O)OC3Cc4ccccc4C32)CC1. The molecule has 2 amide bonds. The first kappa shape index (κ1) is 17.3. The Hall–Kier alpha value is -2.83. The smallest absolute Gasteiger partial charge is 0.411 e. The van der Waals surface area contributed by atoms with Crippen LogP contribution in [-0.4, -0.2) is 52.2 Å². The molecule has 146 valence electrons. The molecule has 1 aromatic carbocycles. The second-order valence-electron chi connectivity index (χ2n) is 7.90. The number of amides is 2. The van der Waals surface area contributed by atoms with E-state index in [-0.39, 0.29) is 30.2 Å². The van der Waals surface area contributed by atoms with Crippen molar-refractivity contribution in [3.05, 3.63) is 52.4 Å². The van der Waals surface area contributed by atoms with Crippen LogP contribution < -0.4 is 0 Å². The molecule has 5 rings (SSSR count). The summed E-state index contributed by atoms with van der Waals surface area (Å²) in [6.45, 7) is 4.76. The van der Waals surface area contributed by atoms with Crippen LogP contribution in [0.15, 0.2) is 28.8 Å². The number of aryl methyl sites for hydroxylation is 2. The lowest BCUT2D eigenvalue weighted by Gasteiger charge is -2.37. The highest BCUT2D eigenvalue weighted by atomic mass is 16.6. The summed E-state index contributed by atoms with van der Waals surface area (Å²) < 4.78 is 10.8. The maximum absolute atomic E-state index is 12.9. The minimum absolute atomic E-state index is 0.00138. The van der Waals surface area contributed by atoms with Gasteiger partial charge in [-0.25, -0.2) is 4.79 Å². The number of benzene rings is 1. The van der Waals surface area contributed by atoms with E-state index in [0.29, 0.717) is 30.1 Å². The van der Waals surface area contributed by atoms with Gasteiger partial charge in [-0.15, -0.1) is 0 Å². The van der Waals surface area contributed by atoms with E-state index in [1.807, 2.05) is 21.9 Å². The number of ether oxygens (including phenoxy) is 1. The number of carbonyl (C=O) groups is 2. The van der Waals surface area contributed by atoms with E-state index in [1.165, 1.54) is 11.1 Å². The molecule has 3 aliphatic rings. The molecule has 3 heterocycles. The average Bonchev–Trinajstić information content (AvgIpc) is 3.32. The quantitative estimate of drug-likeness (QED) is 0.799. The van der Waals surface area contributed by atoms with Crippen LogP contribution in [0.3, 0.4) is 0 Å². The van der Waals surface area contributed by atoms with Gasteiger partial charge >= 0.3 is 6.09 Å². The summed E-state index contributed by atoms with van der Waals surface area (Å²) in [6, 6.07) is 8.36. The van der Waals surface area contributed by atoms with Crippen molar-refractivity contribution in [2.75, 3.05) is 13.1 Å². The topological polar surface area (TPSA) is 75.9 Å². The predicted octanol–water partition coefficient (Wildman–Crippen LogP) is 3.01. The Bertz CT molecular complexity index is 925. The Kier molecular flexibility index (Phi) is 3.92. The van der Waals surface area contributed by atoms with Gasteiger partial charge in [0.15, 0.2) is 0 Å². The van der Waals surface area contributed by atoms with E-state index in [1.54, 1.807) is 13.8 Å². The van der Waals surface area contributed by atoms with Gasteiger partial charge in [-0.2, -0.15) is 0 Å². The standard InChI is InChI=1S/C21H23N3O4/c1-12-18(13(2)28-22-12)20(25)23-9-7-15(8-10-23)24-19-16-6-4-3-5-14(16)11-17(19)27-21(24)26/h3-6,15,17,19H,7-11H2,1-2H3. The number of hydrogen-bond donors (Lipinski definition) is 0. The molecule has 2 aliphatic heterocycles. The normalized spacial score (nSPS) is 24.3. The summed E-state index contributed by atoms with van der Waals surface area (Å²) in [5, 5.41) is 3.89. The first-order chi connectivity index (χ1) is 13.5. The molecule has 0 radical (unpaired) electrons. The Morgan fingerprint density at radius 1 is 1.18 bits per heavy atom. The average molecular weight is 381 g/mol. The van der Waals surface area contributed by atoms with Crippen molar-refractivity contribution in [3.63, 3.8) is 0 Å². The molecule has 1 aliphatic carbocycles. The van der Waals surface area contributed by atoms with Crippen molar-refractivity contribution in [1.29, 1.82) is 0 Å². The summed E-state index contributed by atoms with van der Waals surface area (Å²) >= 11 is 0. The Morgan fingerprint density at radius 3 is 2.64 bits per heavy atom. The molecule has 2 aromatic rings. The monoisotopic (exact) mass is 381 g/mol. The summed E-state index contributed by atoms with van der Waals surface area (Å²) in [4.78, 5) is 29.2. The molecule has 0 bridgehead atoms. The number of aromatic nitrogens is 1. The molecular weight excluding hydrogens is 358 g/mol. The lowest BCUT2D eigenvalue weighted by Crippen LogP contribution is -2.48. The van der Waals surface area contributed by atoms with Crippen molar-refractivity contribution < 1.29 is 18.8 Å². The minimum atomic E-state index is -0.222. The maximum Gasteiger partial charge on any atom is 0.411 e. The Balaban J connectivity index is 1.32. The van der Waals surface area contributed by atoms with Crippen LogP contribution in [0.25, 0.3) is 0 Å². The third kappa shape index (κ3) is 2.52. The summed E-state index contributed by atoms with van der Waals surface area (Å²) in [7, 11) is 0. The van der Waals surface area contributed by atoms with Crippen molar-refractivity contribution in [1.82, 2.24) is 15.0 Å². The van der Waals surface area contributed by atoms with E-state index < -0.39 is 0 Å². The predicted molar refractivity (Wildman–Crippen MR) is 99.9 cm³/mol. The maximum atomic E-state index is 12.9. The number of rotatable bonds is 2. The number of fused-ring (bicyclic) bond motifs is 3. The fourth-order valence-corrected chi connectivity index (χ4v) is 4.95. The van der Waals surface area contributed by atoms with Crippen molar-refractivity contribution >= 4 is 12.0 Å². The van der Waals surface area contributed by atoms with Crippen LogP contribution in [0.2, 0.25) is 0 Å². The van der Waals surface area contributed by atoms with Gasteiger partial charge in [-0.3, -0.25) is 9.69 Å². The zero-order chi connectivity index (χ0) is 19.4. The molecular formula is C21H23N3O4. The fraction of sp³-hybridized carbons (Fsp3) is 0.476. The Labute approximate surface area is 163 Å². The van der Waals surface area contributed by atoms with Crippen molar-refractivity contribution in [3.8, 4) is 0 Å². The van der Waals surface area contributed by atoms with E-state index in [9.17, 15) is 9.59 Å². The van der Waals surface area contributed by atoms with Crippen LogP contribution in [0.1, 0.15) is 51.8 Å². The van der Waals surface area contributed by atoms with Gasteiger partial charge in [0, 0.05) is 25.6 Å². The van der Waals surface area contributed by atoms with Crippen LogP contribution >= 0.6 is 0 Å². The molecule has 2 saturated heterocycles. The number of nitrogens with zero attached hydrogens (tertiary/aromatic N) is 3. The lowest BCUT2D eigenvalue weighted by atomic mass is 9.98. The van der Waals surface area contributed by atoms with Gasteiger partial charge in [0.25, 0.3) is 5.91 Å². The largest absolute Gasteiger partial charge is 0.443 e. The van der Waals surface area contributed by atoms with Gasteiger partial charge in [-0.1, -0.05) is 29.4 Å². The number of likely N-dealkylation sites (tertiary alicyclic amines) is 1. The second kappa shape index (κ2) is 6.36. The van der Waals surface area contributed by atoms with E-state index >= 15 is 0 Å². The van der Waals surface area contributed by atoms with E-state index in [4.69, 9.17) is 9.26 Å². The molecule has 28 heavy (non-hydrogen) atoms. The minimum Gasteiger partial charge on any atom is -0.443 e. The molecule has 7 nitrogen and oxygen atoms in total. The third-order valence-electron chi connectivity index (χ3n) is 6.30. The lowest BCUT2D eigenvalue weighted by molar-refractivity contribution is 0.0633. The summed E-state index contributed by atoms with van der Waals surface area (Å²) in [5.74, 6) is 0.515. The van der Waals surface area contributed by atoms with Gasteiger partial charge in [0.05, 0.1) is 11.7 Å². The van der Waals surface area contributed by atoms with Crippen molar-refractivity contribution in [2.45, 2.75) is 51.3 Å². The molecule has 7 heteroatoms. The van der Waals surface area contributed by atoms with Crippen LogP contribution in [0.4, 0.5) is 4.79 Å². The van der Waals surface area contributed by atoms with Crippen molar-refractivity contribution in [2.24, 2.45) is 0 Å². The summed E-state index contributed by atoms with van der Waals surface area (Å²) in [6.07, 6.45) is 1.96. The van der Waals surface area contributed by atoms with E-state index in [2.05, 4.69) is 17.3 Å². The van der Waals surface area contributed by atoms with Gasteiger partial charge < -0.3 is 14.2 Å². The van der Waals surface area contributed by atoms with Crippen LogP contribution in [0.5, 0.6) is 0 Å². The number of hydrogen-bond acceptors (Lipinski definition) is 5. The molecule has 1 aromatic heterocycles. The first-order valence-corrected chi connectivity index (χ1v) is 9.83. The molecule has 0 spiro atoms. The van der Waals surface area contributed by atoms with Gasteiger partial charge in [0.2, 0.25) is 0 Å². The zero-order valence-electron chi connectivity index (χ0n) is 16.1. The molecule has 2 unspecified atom stereocenters. The number of carbonyl (C=O) groups excluding carboxylic acids is 2. The second-order valence-corrected chi connectivity index (χ2v) is 7.90. The first-order valence-electron chi connectivity index (χ1n) is 9.83. The molecule has 2 fully saturated rings. The van der Waals surface area contributed by atoms with Gasteiger partial charge in [-0.05, 0) is 37.8 Å². The fourth-order valence-electron chi connectivity index (χ4n) is 4.95. The highest BCUT2D eigenvalue weighted by Crippen LogP contribution is 2.44. The highest BCUT2D eigenvalue weighted by molar-refractivity contribution is 5.96. The number of piperidine rings is 1. The van der Waals surface area contributed by atoms with Crippen LogP contribution in [0, 0.1) is 13.8 Å². The summed E-state index contributed by atoms with van der Waals surface area (Å²) in [5.41, 5.74) is 3.65. The molecule has 0 saturated carbocycles. The zero-order valence-corrected chi connectivity index (χ0v) is 16.1. The van der Waals surface area contributed by atoms with E-state index in [0.717, 1.165) is 19.3 Å². The highest BCUT2D eigenvalue weighted by Gasteiger charge is 2.50. The molecule has 0 N–H and O–H groups in total. The van der Waals surface area contributed by atoms with Gasteiger partial charge in [0.1, 0.15) is 17.4 Å². The molecule has 2 atom stereocenters. The Morgan fingerprint density at radius 2 is 1.93 bits per heavy atom. The van der Waals surface area contributed by atoms with Crippen LogP contribution in [-0.2, 0) is 11.2 Å². The third-order valence-corrected chi connectivity index (χ3v) is 6.30.